The Bertz CT molecular complexity index is 1080. The molecule has 0 radical (unpaired) electrons. The van der Waals surface area contributed by atoms with E-state index in [1.807, 2.05) is 13.8 Å². The average Bonchev–Trinajstić information content (AvgIpc) is 3.34. The van der Waals surface area contributed by atoms with Crippen LogP contribution in [0.15, 0.2) is 30.5 Å². The molecule has 1 aliphatic heterocycles. The highest BCUT2D eigenvalue weighted by atomic mass is 19.4. The van der Waals surface area contributed by atoms with Crippen LogP contribution in [0, 0.1) is 0 Å². The Morgan fingerprint density at radius 2 is 1.97 bits per heavy atom. The first-order valence-electron chi connectivity index (χ1n) is 10.7. The Kier molecular flexibility index (Phi) is 5.67. The van der Waals surface area contributed by atoms with E-state index in [-0.39, 0.29) is 35.1 Å². The van der Waals surface area contributed by atoms with E-state index >= 15 is 0 Å². The van der Waals surface area contributed by atoms with Gasteiger partial charge < -0.3 is 16.0 Å². The van der Waals surface area contributed by atoms with Crippen LogP contribution in [-0.4, -0.2) is 40.0 Å². The Balaban J connectivity index is 1.68. The van der Waals surface area contributed by atoms with E-state index in [0.717, 1.165) is 25.0 Å². The molecule has 1 aromatic heterocycles. The number of nitrogens with one attached hydrogen (secondary N) is 1. The number of halogens is 3. The third kappa shape index (κ3) is 4.57. The third-order valence-electron chi connectivity index (χ3n) is 5.88. The van der Waals surface area contributed by atoms with Crippen molar-refractivity contribution in [2.75, 3.05) is 22.1 Å². The van der Waals surface area contributed by atoms with Gasteiger partial charge in [-0.1, -0.05) is 18.9 Å². The van der Waals surface area contributed by atoms with Crippen molar-refractivity contribution in [1.82, 2.24) is 15.3 Å². The number of hydrogen-bond acceptors (Lipinski definition) is 5. The first-order valence-corrected chi connectivity index (χ1v) is 10.7. The van der Waals surface area contributed by atoms with Gasteiger partial charge in [0.15, 0.2) is 0 Å². The molecule has 176 valence electrons. The lowest BCUT2D eigenvalue weighted by molar-refractivity contribution is -0.137. The van der Waals surface area contributed by atoms with Crippen molar-refractivity contribution in [2.45, 2.75) is 57.3 Å². The topological polar surface area (TPSA) is 104 Å². The van der Waals surface area contributed by atoms with Gasteiger partial charge in [-0.2, -0.15) is 18.2 Å². The van der Waals surface area contributed by atoms with Crippen molar-refractivity contribution in [3.05, 3.63) is 41.6 Å². The monoisotopic (exact) mass is 462 g/mol. The van der Waals surface area contributed by atoms with Crippen LogP contribution >= 0.6 is 0 Å². The van der Waals surface area contributed by atoms with Gasteiger partial charge in [0.25, 0.3) is 5.91 Å². The second kappa shape index (κ2) is 8.20. The van der Waals surface area contributed by atoms with Crippen molar-refractivity contribution < 1.29 is 22.8 Å². The zero-order valence-corrected chi connectivity index (χ0v) is 18.3. The normalized spacial score (nSPS) is 18.5. The molecule has 11 heteroatoms. The highest BCUT2D eigenvalue weighted by Gasteiger charge is 2.38. The Morgan fingerprint density at radius 1 is 1.27 bits per heavy atom. The smallest absolute Gasteiger partial charge is 0.383 e. The number of carbonyl (C=O) groups excluding carboxylic acids is 2. The number of urea groups is 1. The van der Waals surface area contributed by atoms with Gasteiger partial charge in [0, 0.05) is 17.9 Å². The Morgan fingerprint density at radius 3 is 2.55 bits per heavy atom. The fraction of sp³-hybridized carbons (Fsp3) is 0.455. The Hall–Kier alpha value is -3.37. The SMILES string of the molecule is CC1(C)CN(c2ncc(C(=O)N(c3cccc(C(F)(F)F)c3)C3CCCC3)c(N)n2)C(=O)N1. The first-order chi connectivity index (χ1) is 15.5. The van der Waals surface area contributed by atoms with E-state index in [9.17, 15) is 22.8 Å². The summed E-state index contributed by atoms with van der Waals surface area (Å²) in [6.45, 7) is 4.01. The van der Waals surface area contributed by atoms with E-state index in [0.29, 0.717) is 19.4 Å². The van der Waals surface area contributed by atoms with E-state index in [2.05, 4.69) is 15.3 Å². The maximum atomic E-state index is 13.5. The molecule has 4 rings (SSSR count). The number of benzene rings is 1. The number of anilines is 3. The van der Waals surface area contributed by atoms with Gasteiger partial charge in [0.05, 0.1) is 17.6 Å². The van der Waals surface area contributed by atoms with Gasteiger partial charge in [-0.05, 0) is 44.9 Å². The average molecular weight is 462 g/mol. The summed E-state index contributed by atoms with van der Waals surface area (Å²) in [5, 5.41) is 2.79. The van der Waals surface area contributed by atoms with E-state index in [1.165, 1.54) is 28.1 Å². The van der Waals surface area contributed by atoms with Crippen LogP contribution in [0.2, 0.25) is 0 Å². The molecule has 1 aliphatic carbocycles. The van der Waals surface area contributed by atoms with Crippen LogP contribution in [0.3, 0.4) is 0 Å². The van der Waals surface area contributed by atoms with Crippen LogP contribution in [0.5, 0.6) is 0 Å². The fourth-order valence-electron chi connectivity index (χ4n) is 4.32. The summed E-state index contributed by atoms with van der Waals surface area (Å²) >= 11 is 0. The number of carbonyl (C=O) groups is 2. The highest BCUT2D eigenvalue weighted by molar-refractivity contribution is 6.09. The van der Waals surface area contributed by atoms with Gasteiger partial charge in [-0.15, -0.1) is 0 Å². The van der Waals surface area contributed by atoms with Crippen molar-refractivity contribution >= 4 is 29.4 Å². The van der Waals surface area contributed by atoms with Crippen molar-refractivity contribution in [3.8, 4) is 0 Å². The number of alkyl halides is 3. The first kappa shape index (κ1) is 22.8. The molecular weight excluding hydrogens is 437 g/mol. The lowest BCUT2D eigenvalue weighted by atomic mass is 10.1. The number of nitrogen functional groups attached to an aromatic ring is 1. The molecular formula is C22H25F3N6O2. The van der Waals surface area contributed by atoms with Gasteiger partial charge in [0.2, 0.25) is 5.95 Å². The molecule has 0 unspecified atom stereocenters. The summed E-state index contributed by atoms with van der Waals surface area (Å²) in [5.41, 5.74) is 4.88. The largest absolute Gasteiger partial charge is 0.416 e. The summed E-state index contributed by atoms with van der Waals surface area (Å²) in [6, 6.07) is 4.06. The number of rotatable bonds is 4. The second-order valence-electron chi connectivity index (χ2n) is 9.03. The molecule has 0 atom stereocenters. The number of aromatic nitrogens is 2. The molecule has 2 aromatic rings. The lowest BCUT2D eigenvalue weighted by Gasteiger charge is -2.30. The molecule has 8 nitrogen and oxygen atoms in total. The maximum Gasteiger partial charge on any atom is 0.416 e. The fourth-order valence-corrected chi connectivity index (χ4v) is 4.32. The number of amides is 3. The molecule has 1 saturated carbocycles. The minimum absolute atomic E-state index is 0.0260. The molecule has 3 amide bonds. The molecule has 2 aliphatic rings. The van der Waals surface area contributed by atoms with Crippen LogP contribution < -0.4 is 20.9 Å². The van der Waals surface area contributed by atoms with Gasteiger partial charge in [0.1, 0.15) is 11.4 Å². The number of nitrogens with zero attached hydrogens (tertiary/aromatic N) is 4. The maximum absolute atomic E-state index is 13.5. The summed E-state index contributed by atoms with van der Waals surface area (Å²) < 4.78 is 39.9. The highest BCUT2D eigenvalue weighted by Crippen LogP contribution is 2.35. The predicted molar refractivity (Wildman–Crippen MR) is 117 cm³/mol. The van der Waals surface area contributed by atoms with Crippen molar-refractivity contribution in [3.63, 3.8) is 0 Å². The molecule has 0 spiro atoms. The molecule has 2 fully saturated rings. The van der Waals surface area contributed by atoms with Gasteiger partial charge >= 0.3 is 12.2 Å². The van der Waals surface area contributed by atoms with Crippen LogP contribution in [0.4, 0.5) is 35.4 Å². The lowest BCUT2D eigenvalue weighted by Crippen LogP contribution is -2.40. The second-order valence-corrected chi connectivity index (χ2v) is 9.03. The molecule has 1 aromatic carbocycles. The van der Waals surface area contributed by atoms with E-state index < -0.39 is 23.2 Å². The zero-order valence-electron chi connectivity index (χ0n) is 18.3. The standard InChI is InChI=1S/C22H25F3N6O2/c1-21(2)12-30(20(33)29-21)19-27-11-16(17(26)28-19)18(32)31(14-7-3-4-8-14)15-9-5-6-13(10-15)22(23,24)25/h5-6,9-11,14H,3-4,7-8,12H2,1-2H3,(H,29,33)(H2,26,27,28). The molecule has 0 bridgehead atoms. The molecule has 33 heavy (non-hydrogen) atoms. The summed E-state index contributed by atoms with van der Waals surface area (Å²) in [6.07, 6.45) is -0.216. The third-order valence-corrected chi connectivity index (χ3v) is 5.88. The minimum atomic E-state index is -4.53. The summed E-state index contributed by atoms with van der Waals surface area (Å²) in [5.74, 6) is -0.660. The Labute approximate surface area is 189 Å². The van der Waals surface area contributed by atoms with Crippen molar-refractivity contribution in [2.24, 2.45) is 0 Å². The molecule has 2 heterocycles. The molecule has 3 N–H and O–H groups in total. The van der Waals surface area contributed by atoms with E-state index in [4.69, 9.17) is 5.73 Å². The number of nitrogens with two attached hydrogens (primary N) is 1. The zero-order chi connectivity index (χ0) is 24.0. The molecule has 1 saturated heterocycles. The number of hydrogen-bond donors (Lipinski definition) is 2. The van der Waals surface area contributed by atoms with Crippen LogP contribution in [0.1, 0.15) is 55.5 Å². The van der Waals surface area contributed by atoms with Gasteiger partial charge in [-0.25, -0.2) is 9.78 Å². The summed E-state index contributed by atoms with van der Waals surface area (Å²) in [4.78, 5) is 36.7. The minimum Gasteiger partial charge on any atom is -0.383 e. The van der Waals surface area contributed by atoms with Crippen molar-refractivity contribution in [1.29, 1.82) is 0 Å². The van der Waals surface area contributed by atoms with Crippen LogP contribution in [0.25, 0.3) is 0 Å². The predicted octanol–water partition coefficient (Wildman–Crippen LogP) is 3.98. The van der Waals surface area contributed by atoms with Crippen LogP contribution in [-0.2, 0) is 6.18 Å². The summed E-state index contributed by atoms with van der Waals surface area (Å²) in [7, 11) is 0. The quantitative estimate of drug-likeness (QED) is 0.715. The van der Waals surface area contributed by atoms with Gasteiger partial charge in [-0.3, -0.25) is 9.69 Å². The van der Waals surface area contributed by atoms with E-state index in [1.54, 1.807) is 0 Å².